The largest absolute Gasteiger partial charge is 0.336 e. The number of nitrogens with zero attached hydrogens (tertiary/aromatic N) is 3. The molecule has 1 amide bonds. The molecule has 2 saturated heterocycles. The molecule has 2 aliphatic heterocycles. The number of carbonyl (C=O) groups excluding carboxylic acids is 1. The number of hydrogen-bond acceptors (Lipinski definition) is 5. The first kappa shape index (κ1) is 17.7. The third-order valence-electron chi connectivity index (χ3n) is 4.46. The van der Waals surface area contributed by atoms with Gasteiger partial charge in [0.1, 0.15) is 4.88 Å². The van der Waals surface area contributed by atoms with E-state index in [2.05, 4.69) is 22.1 Å². The molecule has 2 fully saturated rings. The SMILES string of the molecule is CCc1nc(C)c(C(=O)N2CCC(N3CCNCC3)C2)s1.Cl. The lowest BCUT2D eigenvalue weighted by Gasteiger charge is -2.32. The molecule has 2 aliphatic rings. The van der Waals surface area contributed by atoms with Crippen molar-refractivity contribution in [2.45, 2.75) is 32.7 Å². The van der Waals surface area contributed by atoms with E-state index in [0.717, 1.165) is 67.7 Å². The van der Waals surface area contributed by atoms with Gasteiger partial charge in [-0.05, 0) is 19.8 Å². The minimum Gasteiger partial charge on any atom is -0.336 e. The Labute approximate surface area is 142 Å². The van der Waals surface area contributed by atoms with Crippen LogP contribution in [0.15, 0.2) is 0 Å². The summed E-state index contributed by atoms with van der Waals surface area (Å²) in [5.74, 6) is 0.183. The second kappa shape index (κ2) is 7.73. The Bertz CT molecular complexity index is 516. The lowest BCUT2D eigenvalue weighted by atomic mass is 10.2. The predicted molar refractivity (Wildman–Crippen MR) is 92.2 cm³/mol. The van der Waals surface area contributed by atoms with Gasteiger partial charge in [-0.3, -0.25) is 9.69 Å². The third kappa shape index (κ3) is 3.62. The predicted octanol–water partition coefficient (Wildman–Crippen LogP) is 1.56. The molecule has 0 bridgehead atoms. The summed E-state index contributed by atoms with van der Waals surface area (Å²) in [7, 11) is 0. The van der Waals surface area contributed by atoms with Gasteiger partial charge in [-0.1, -0.05) is 6.92 Å². The molecular formula is C15H25ClN4OS. The third-order valence-corrected chi connectivity index (χ3v) is 5.75. The Hall–Kier alpha value is -0.690. The lowest BCUT2D eigenvalue weighted by Crippen LogP contribution is -2.49. The first-order valence-electron chi connectivity index (χ1n) is 7.89. The van der Waals surface area contributed by atoms with Crippen LogP contribution < -0.4 is 5.32 Å². The van der Waals surface area contributed by atoms with Crippen LogP contribution in [0.2, 0.25) is 0 Å². The summed E-state index contributed by atoms with van der Waals surface area (Å²) in [4.78, 5) is 22.6. The smallest absolute Gasteiger partial charge is 0.265 e. The summed E-state index contributed by atoms with van der Waals surface area (Å²) in [6.45, 7) is 10.1. The molecule has 124 valence electrons. The Morgan fingerprint density at radius 3 is 2.73 bits per heavy atom. The first-order chi connectivity index (χ1) is 10.2. The van der Waals surface area contributed by atoms with E-state index in [1.807, 2.05) is 11.8 Å². The fraction of sp³-hybridized carbons (Fsp3) is 0.733. The molecule has 1 atom stereocenters. The van der Waals surface area contributed by atoms with Crippen LogP contribution in [0.25, 0.3) is 0 Å². The van der Waals surface area contributed by atoms with Gasteiger partial charge < -0.3 is 10.2 Å². The second-order valence-electron chi connectivity index (χ2n) is 5.86. The summed E-state index contributed by atoms with van der Waals surface area (Å²) >= 11 is 1.57. The Morgan fingerprint density at radius 1 is 1.36 bits per heavy atom. The number of aryl methyl sites for hydroxylation is 2. The Kier molecular flexibility index (Phi) is 6.20. The fourth-order valence-electron chi connectivity index (χ4n) is 3.22. The highest BCUT2D eigenvalue weighted by Crippen LogP contribution is 2.24. The van der Waals surface area contributed by atoms with E-state index >= 15 is 0 Å². The number of nitrogens with one attached hydrogen (secondary N) is 1. The zero-order valence-electron chi connectivity index (χ0n) is 13.3. The summed E-state index contributed by atoms with van der Waals surface area (Å²) in [6, 6.07) is 0.537. The average Bonchev–Trinajstić information content (AvgIpc) is 3.14. The second-order valence-corrected chi connectivity index (χ2v) is 6.94. The Balaban J connectivity index is 0.00000176. The number of piperazine rings is 1. The van der Waals surface area contributed by atoms with Gasteiger partial charge in [0.05, 0.1) is 10.7 Å². The maximum Gasteiger partial charge on any atom is 0.265 e. The van der Waals surface area contributed by atoms with Gasteiger partial charge in [-0.2, -0.15) is 0 Å². The Morgan fingerprint density at radius 2 is 2.09 bits per heavy atom. The van der Waals surface area contributed by atoms with Crippen LogP contribution in [0.3, 0.4) is 0 Å². The van der Waals surface area contributed by atoms with E-state index in [1.54, 1.807) is 11.3 Å². The molecule has 3 rings (SSSR count). The lowest BCUT2D eigenvalue weighted by molar-refractivity contribution is 0.0777. The molecule has 0 aromatic carbocycles. The van der Waals surface area contributed by atoms with E-state index in [1.165, 1.54) is 0 Å². The monoisotopic (exact) mass is 344 g/mol. The summed E-state index contributed by atoms with van der Waals surface area (Å²) in [6.07, 6.45) is 2.01. The van der Waals surface area contributed by atoms with E-state index < -0.39 is 0 Å². The van der Waals surface area contributed by atoms with Gasteiger partial charge in [0.2, 0.25) is 0 Å². The number of likely N-dealkylation sites (tertiary alicyclic amines) is 1. The molecule has 0 saturated carbocycles. The minimum absolute atomic E-state index is 0. The number of hydrogen-bond donors (Lipinski definition) is 1. The van der Waals surface area contributed by atoms with E-state index in [9.17, 15) is 4.79 Å². The molecule has 0 radical (unpaired) electrons. The van der Waals surface area contributed by atoms with Crippen molar-refractivity contribution in [2.24, 2.45) is 0 Å². The van der Waals surface area contributed by atoms with Crippen LogP contribution in [-0.2, 0) is 6.42 Å². The normalized spacial score (nSPS) is 22.6. The van der Waals surface area contributed by atoms with Crippen molar-refractivity contribution < 1.29 is 4.79 Å². The van der Waals surface area contributed by atoms with Crippen LogP contribution in [0.4, 0.5) is 0 Å². The first-order valence-corrected chi connectivity index (χ1v) is 8.71. The average molecular weight is 345 g/mol. The number of halogens is 1. The topological polar surface area (TPSA) is 48.5 Å². The number of amides is 1. The van der Waals surface area contributed by atoms with Gasteiger partial charge in [0, 0.05) is 45.3 Å². The number of rotatable bonds is 3. The van der Waals surface area contributed by atoms with E-state index in [-0.39, 0.29) is 18.3 Å². The molecule has 0 aliphatic carbocycles. The maximum absolute atomic E-state index is 12.7. The van der Waals surface area contributed by atoms with Crippen LogP contribution in [0, 0.1) is 6.92 Å². The molecule has 1 aromatic heterocycles. The molecule has 5 nitrogen and oxygen atoms in total. The molecule has 0 spiro atoms. The molecule has 1 N–H and O–H groups in total. The van der Waals surface area contributed by atoms with Crippen molar-refractivity contribution in [1.29, 1.82) is 0 Å². The van der Waals surface area contributed by atoms with Gasteiger partial charge in [-0.25, -0.2) is 4.98 Å². The highest BCUT2D eigenvalue weighted by atomic mass is 35.5. The van der Waals surface area contributed by atoms with Crippen LogP contribution in [-0.4, -0.2) is 66.0 Å². The van der Waals surface area contributed by atoms with Crippen molar-refractivity contribution in [3.05, 3.63) is 15.6 Å². The van der Waals surface area contributed by atoms with Crippen molar-refractivity contribution >= 4 is 29.7 Å². The quantitative estimate of drug-likeness (QED) is 0.904. The molecule has 1 aromatic rings. The molecular weight excluding hydrogens is 320 g/mol. The summed E-state index contributed by atoms with van der Waals surface area (Å²) in [5.41, 5.74) is 0.896. The number of aromatic nitrogens is 1. The minimum atomic E-state index is 0. The maximum atomic E-state index is 12.7. The zero-order chi connectivity index (χ0) is 14.8. The van der Waals surface area contributed by atoms with Crippen molar-refractivity contribution in [3.8, 4) is 0 Å². The van der Waals surface area contributed by atoms with Gasteiger partial charge >= 0.3 is 0 Å². The summed E-state index contributed by atoms with van der Waals surface area (Å²) in [5, 5.41) is 4.45. The molecule has 3 heterocycles. The molecule has 7 heteroatoms. The standard InChI is InChI=1S/C15H24N4OS.ClH/c1-3-13-17-11(2)14(21-13)15(20)19-7-4-12(10-19)18-8-5-16-6-9-18;/h12,16H,3-10H2,1-2H3;1H. The molecule has 22 heavy (non-hydrogen) atoms. The van der Waals surface area contributed by atoms with Gasteiger partial charge in [0.25, 0.3) is 5.91 Å². The fourth-order valence-corrected chi connectivity index (χ4v) is 4.19. The van der Waals surface area contributed by atoms with Crippen LogP contribution in [0.1, 0.15) is 33.7 Å². The number of carbonyl (C=O) groups is 1. The van der Waals surface area contributed by atoms with Crippen LogP contribution in [0.5, 0.6) is 0 Å². The van der Waals surface area contributed by atoms with E-state index in [4.69, 9.17) is 0 Å². The number of thiazole rings is 1. The van der Waals surface area contributed by atoms with Crippen molar-refractivity contribution in [2.75, 3.05) is 39.3 Å². The van der Waals surface area contributed by atoms with Crippen molar-refractivity contribution in [1.82, 2.24) is 20.1 Å². The molecule has 1 unspecified atom stereocenters. The van der Waals surface area contributed by atoms with Gasteiger partial charge in [0.15, 0.2) is 0 Å². The van der Waals surface area contributed by atoms with Crippen molar-refractivity contribution in [3.63, 3.8) is 0 Å². The van der Waals surface area contributed by atoms with Gasteiger partial charge in [-0.15, -0.1) is 23.7 Å². The van der Waals surface area contributed by atoms with E-state index in [0.29, 0.717) is 6.04 Å². The van der Waals surface area contributed by atoms with Crippen LogP contribution >= 0.6 is 23.7 Å². The summed E-state index contributed by atoms with van der Waals surface area (Å²) < 4.78 is 0. The highest BCUT2D eigenvalue weighted by Gasteiger charge is 2.32. The zero-order valence-corrected chi connectivity index (χ0v) is 14.9. The highest BCUT2D eigenvalue weighted by molar-refractivity contribution is 7.13.